The minimum Gasteiger partial charge on any atom is -0.395 e. The van der Waals surface area contributed by atoms with Gasteiger partial charge in [-0.2, -0.15) is 0 Å². The van der Waals surface area contributed by atoms with E-state index in [0.29, 0.717) is 0 Å². The van der Waals surface area contributed by atoms with Gasteiger partial charge in [0, 0.05) is 26.2 Å². The van der Waals surface area contributed by atoms with E-state index in [1.54, 1.807) is 0 Å². The maximum absolute atomic E-state index is 8.98. The van der Waals surface area contributed by atoms with Crippen LogP contribution in [-0.4, -0.2) is 60.8 Å². The third kappa shape index (κ3) is 5.15. The molecule has 1 N–H and O–H groups in total. The number of benzene rings is 1. The second-order valence-corrected chi connectivity index (χ2v) is 5.03. The van der Waals surface area contributed by atoms with Gasteiger partial charge >= 0.3 is 0 Å². The predicted octanol–water partition coefficient (Wildman–Crippen LogP) is 1.70. The van der Waals surface area contributed by atoms with Crippen LogP contribution in [0.2, 0.25) is 0 Å². The van der Waals surface area contributed by atoms with Crippen molar-refractivity contribution in [1.82, 2.24) is 9.80 Å². The molecule has 0 saturated carbocycles. The highest BCUT2D eigenvalue weighted by atomic mass is 16.3. The first-order chi connectivity index (χ1) is 9.38. The lowest BCUT2D eigenvalue weighted by Gasteiger charge is -2.19. The van der Waals surface area contributed by atoms with E-state index in [2.05, 4.69) is 46.2 Å². The van der Waals surface area contributed by atoms with E-state index in [4.69, 9.17) is 5.11 Å². The number of rotatable bonds is 5. The zero-order valence-electron chi connectivity index (χ0n) is 11.5. The molecule has 1 fully saturated rings. The zero-order valence-corrected chi connectivity index (χ0v) is 11.5. The Kier molecular flexibility index (Phi) is 6.08. The molecular formula is C16H24N2O. The van der Waals surface area contributed by atoms with Crippen molar-refractivity contribution in [1.29, 1.82) is 0 Å². The number of aliphatic hydroxyl groups is 1. The summed E-state index contributed by atoms with van der Waals surface area (Å²) in [5, 5.41) is 8.98. The summed E-state index contributed by atoms with van der Waals surface area (Å²) in [4.78, 5) is 4.83. The molecule has 0 bridgehead atoms. The van der Waals surface area contributed by atoms with Crippen molar-refractivity contribution in [2.45, 2.75) is 6.42 Å². The van der Waals surface area contributed by atoms with Crippen LogP contribution >= 0.6 is 0 Å². The molecule has 1 aromatic rings. The van der Waals surface area contributed by atoms with Crippen LogP contribution in [0.25, 0.3) is 6.08 Å². The van der Waals surface area contributed by atoms with Gasteiger partial charge in [-0.15, -0.1) is 0 Å². The number of β-amino-alcohol motifs (C(OH)–C–C–N with tert-alkyl or cyclic N) is 1. The van der Waals surface area contributed by atoms with Crippen molar-refractivity contribution in [2.24, 2.45) is 0 Å². The van der Waals surface area contributed by atoms with E-state index >= 15 is 0 Å². The summed E-state index contributed by atoms with van der Waals surface area (Å²) in [5.41, 5.74) is 1.26. The molecule has 0 spiro atoms. The van der Waals surface area contributed by atoms with Crippen molar-refractivity contribution in [2.75, 3.05) is 45.9 Å². The Bertz CT molecular complexity index is 378. The molecule has 19 heavy (non-hydrogen) atoms. The van der Waals surface area contributed by atoms with Crippen LogP contribution in [-0.2, 0) is 0 Å². The van der Waals surface area contributed by atoms with E-state index in [0.717, 1.165) is 39.3 Å². The van der Waals surface area contributed by atoms with Gasteiger partial charge in [0.05, 0.1) is 6.61 Å². The normalized spacial score (nSPS) is 18.8. The van der Waals surface area contributed by atoms with Gasteiger partial charge in [-0.25, -0.2) is 0 Å². The van der Waals surface area contributed by atoms with E-state index in [1.807, 2.05) is 6.07 Å². The van der Waals surface area contributed by atoms with E-state index in [9.17, 15) is 0 Å². The van der Waals surface area contributed by atoms with Crippen molar-refractivity contribution in [3.05, 3.63) is 42.0 Å². The van der Waals surface area contributed by atoms with Crippen molar-refractivity contribution < 1.29 is 5.11 Å². The maximum Gasteiger partial charge on any atom is 0.0558 e. The molecule has 104 valence electrons. The third-order valence-corrected chi connectivity index (χ3v) is 3.57. The van der Waals surface area contributed by atoms with Crippen LogP contribution in [0.1, 0.15) is 12.0 Å². The molecule has 0 aromatic heterocycles. The van der Waals surface area contributed by atoms with Crippen molar-refractivity contribution >= 4 is 6.08 Å². The number of hydrogen-bond acceptors (Lipinski definition) is 3. The molecule has 1 heterocycles. The first-order valence-electron chi connectivity index (χ1n) is 7.15. The summed E-state index contributed by atoms with van der Waals surface area (Å²) in [6, 6.07) is 10.4. The van der Waals surface area contributed by atoms with Crippen LogP contribution in [0.4, 0.5) is 0 Å². The molecule has 0 aliphatic carbocycles. The average molecular weight is 260 g/mol. The molecule has 0 amide bonds. The molecule has 1 saturated heterocycles. The van der Waals surface area contributed by atoms with E-state index < -0.39 is 0 Å². The standard InChI is InChI=1S/C16H24N2O/c19-15-14-18-11-5-10-17(12-13-18)9-4-8-16-6-2-1-3-7-16/h1-4,6-8,19H,5,9-15H2. The smallest absolute Gasteiger partial charge is 0.0558 e. The monoisotopic (exact) mass is 260 g/mol. The minimum absolute atomic E-state index is 0.272. The summed E-state index contributed by atoms with van der Waals surface area (Å²) in [6.07, 6.45) is 5.63. The van der Waals surface area contributed by atoms with Gasteiger partial charge in [-0.1, -0.05) is 42.5 Å². The lowest BCUT2D eigenvalue weighted by Crippen LogP contribution is -2.32. The SMILES string of the molecule is OCCN1CCCN(CC=Cc2ccccc2)CC1. The van der Waals surface area contributed by atoms with E-state index in [-0.39, 0.29) is 6.61 Å². The molecule has 0 unspecified atom stereocenters. The Labute approximate surface area is 116 Å². The largest absolute Gasteiger partial charge is 0.395 e. The number of nitrogens with zero attached hydrogens (tertiary/aromatic N) is 2. The Morgan fingerprint density at radius 1 is 1.00 bits per heavy atom. The van der Waals surface area contributed by atoms with Crippen LogP contribution in [0.15, 0.2) is 36.4 Å². The van der Waals surface area contributed by atoms with Gasteiger partial charge in [0.1, 0.15) is 0 Å². The molecule has 2 rings (SSSR count). The van der Waals surface area contributed by atoms with Crippen LogP contribution in [0.5, 0.6) is 0 Å². The number of hydrogen-bond donors (Lipinski definition) is 1. The summed E-state index contributed by atoms with van der Waals surface area (Å²) < 4.78 is 0. The maximum atomic E-state index is 8.98. The lowest BCUT2D eigenvalue weighted by atomic mass is 10.2. The Hall–Kier alpha value is -1.16. The molecule has 0 radical (unpaired) electrons. The molecule has 1 aliphatic rings. The highest BCUT2D eigenvalue weighted by molar-refractivity contribution is 5.48. The van der Waals surface area contributed by atoms with E-state index in [1.165, 1.54) is 12.0 Å². The summed E-state index contributed by atoms with van der Waals surface area (Å²) in [7, 11) is 0. The molecule has 3 nitrogen and oxygen atoms in total. The number of aliphatic hydroxyl groups excluding tert-OH is 1. The second kappa shape index (κ2) is 8.10. The summed E-state index contributed by atoms with van der Waals surface area (Å²) in [6.45, 7) is 6.53. The second-order valence-electron chi connectivity index (χ2n) is 5.03. The quantitative estimate of drug-likeness (QED) is 0.873. The van der Waals surface area contributed by atoms with Crippen LogP contribution in [0.3, 0.4) is 0 Å². The Morgan fingerprint density at radius 2 is 1.74 bits per heavy atom. The first-order valence-corrected chi connectivity index (χ1v) is 7.15. The topological polar surface area (TPSA) is 26.7 Å². The summed E-state index contributed by atoms with van der Waals surface area (Å²) >= 11 is 0. The highest BCUT2D eigenvalue weighted by Crippen LogP contribution is 2.05. The van der Waals surface area contributed by atoms with Gasteiger partial charge in [-0.05, 0) is 25.1 Å². The molecular weight excluding hydrogens is 236 g/mol. The fraction of sp³-hybridized carbons (Fsp3) is 0.500. The van der Waals surface area contributed by atoms with Crippen LogP contribution < -0.4 is 0 Å². The average Bonchev–Trinajstić information content (AvgIpc) is 2.66. The van der Waals surface area contributed by atoms with Gasteiger partial charge in [0.2, 0.25) is 0 Å². The fourth-order valence-electron chi connectivity index (χ4n) is 2.47. The lowest BCUT2D eigenvalue weighted by molar-refractivity contribution is 0.198. The predicted molar refractivity (Wildman–Crippen MR) is 80.1 cm³/mol. The first kappa shape index (κ1) is 14.3. The minimum atomic E-state index is 0.272. The van der Waals surface area contributed by atoms with Crippen LogP contribution in [0, 0.1) is 0 Å². The van der Waals surface area contributed by atoms with Gasteiger partial charge in [-0.3, -0.25) is 9.80 Å². The summed E-state index contributed by atoms with van der Waals surface area (Å²) in [5.74, 6) is 0. The van der Waals surface area contributed by atoms with Crippen molar-refractivity contribution in [3.8, 4) is 0 Å². The zero-order chi connectivity index (χ0) is 13.3. The Balaban J connectivity index is 1.76. The highest BCUT2D eigenvalue weighted by Gasteiger charge is 2.12. The Morgan fingerprint density at radius 3 is 2.53 bits per heavy atom. The fourth-order valence-corrected chi connectivity index (χ4v) is 2.47. The molecule has 1 aliphatic heterocycles. The van der Waals surface area contributed by atoms with Gasteiger partial charge < -0.3 is 5.11 Å². The van der Waals surface area contributed by atoms with Gasteiger partial charge in [0.25, 0.3) is 0 Å². The third-order valence-electron chi connectivity index (χ3n) is 3.57. The molecule has 0 atom stereocenters. The van der Waals surface area contributed by atoms with Crippen molar-refractivity contribution in [3.63, 3.8) is 0 Å². The molecule has 1 aromatic carbocycles. The molecule has 3 heteroatoms. The van der Waals surface area contributed by atoms with Gasteiger partial charge in [0.15, 0.2) is 0 Å².